The molecule has 0 aromatic heterocycles. The van der Waals surface area contributed by atoms with Gasteiger partial charge in [-0.1, -0.05) is 46.3 Å². The fourth-order valence-electron chi connectivity index (χ4n) is 1.65. The lowest BCUT2D eigenvalue weighted by Crippen LogP contribution is -1.96. The number of nitrogens with zero attached hydrogens (tertiary/aromatic N) is 1. The molecule has 20 heavy (non-hydrogen) atoms. The zero-order valence-electron chi connectivity index (χ0n) is 10.3. The van der Waals surface area contributed by atoms with Gasteiger partial charge in [0.1, 0.15) is 0 Å². The number of nitro benzene ring substituents is 1. The van der Waals surface area contributed by atoms with E-state index in [1.54, 1.807) is 12.1 Å². The van der Waals surface area contributed by atoms with Gasteiger partial charge in [0.25, 0.3) is 5.69 Å². The lowest BCUT2D eigenvalue weighted by Gasteiger charge is -1.97. The Morgan fingerprint density at radius 3 is 2.60 bits per heavy atom. The number of allylic oxidation sites excluding steroid dienone is 1. The predicted molar refractivity (Wildman–Crippen MR) is 80.6 cm³/mol. The third kappa shape index (κ3) is 3.61. The minimum atomic E-state index is -0.519. The lowest BCUT2D eigenvalue weighted by molar-refractivity contribution is -0.384. The van der Waals surface area contributed by atoms with Gasteiger partial charge in [-0.25, -0.2) is 0 Å². The van der Waals surface area contributed by atoms with Crippen molar-refractivity contribution in [1.29, 1.82) is 0 Å². The van der Waals surface area contributed by atoms with Crippen molar-refractivity contribution < 1.29 is 9.72 Å². The largest absolute Gasteiger partial charge is 0.289 e. The smallest absolute Gasteiger partial charge is 0.270 e. The molecule has 0 aliphatic carbocycles. The number of benzene rings is 2. The third-order valence-electron chi connectivity index (χ3n) is 2.62. The Morgan fingerprint density at radius 1 is 1.15 bits per heavy atom. The molecule has 0 unspecified atom stereocenters. The van der Waals surface area contributed by atoms with E-state index >= 15 is 0 Å². The van der Waals surface area contributed by atoms with E-state index in [9.17, 15) is 14.9 Å². The molecule has 0 bridgehead atoms. The predicted octanol–water partition coefficient (Wildman–Crippen LogP) is 4.25. The second kappa shape index (κ2) is 6.25. The fourth-order valence-corrected chi connectivity index (χ4v) is 2.07. The van der Waals surface area contributed by atoms with Gasteiger partial charge in [0.2, 0.25) is 0 Å². The summed E-state index contributed by atoms with van der Waals surface area (Å²) in [7, 11) is 0. The van der Waals surface area contributed by atoms with Crippen LogP contribution in [0.25, 0.3) is 6.08 Å². The van der Waals surface area contributed by atoms with Gasteiger partial charge < -0.3 is 0 Å². The molecule has 2 rings (SSSR count). The number of rotatable bonds is 4. The number of hydrogen-bond donors (Lipinski definition) is 0. The molecule has 0 radical (unpaired) electrons. The molecule has 2 aromatic rings. The summed E-state index contributed by atoms with van der Waals surface area (Å²) in [6.07, 6.45) is 3.08. The van der Waals surface area contributed by atoms with Gasteiger partial charge in [-0.2, -0.15) is 0 Å². The van der Waals surface area contributed by atoms with Crippen LogP contribution in [0.3, 0.4) is 0 Å². The summed E-state index contributed by atoms with van der Waals surface area (Å²) in [6, 6.07) is 13.2. The summed E-state index contributed by atoms with van der Waals surface area (Å²) in [6.45, 7) is 0. The average Bonchev–Trinajstić information content (AvgIpc) is 2.45. The van der Waals surface area contributed by atoms with Crippen LogP contribution in [0.1, 0.15) is 15.9 Å². The zero-order chi connectivity index (χ0) is 14.5. The Labute approximate surface area is 124 Å². The van der Waals surface area contributed by atoms with E-state index in [1.165, 1.54) is 24.3 Å². The second-order valence-electron chi connectivity index (χ2n) is 4.06. The van der Waals surface area contributed by atoms with Crippen molar-refractivity contribution in [1.82, 2.24) is 0 Å². The maximum atomic E-state index is 12.0. The zero-order valence-corrected chi connectivity index (χ0v) is 11.9. The van der Waals surface area contributed by atoms with Crippen molar-refractivity contribution in [2.75, 3.05) is 0 Å². The van der Waals surface area contributed by atoms with E-state index in [4.69, 9.17) is 0 Å². The number of hydrogen-bond acceptors (Lipinski definition) is 3. The highest BCUT2D eigenvalue weighted by Crippen LogP contribution is 2.16. The van der Waals surface area contributed by atoms with Crippen LogP contribution in [0.4, 0.5) is 5.69 Å². The van der Waals surface area contributed by atoms with Gasteiger partial charge in [0, 0.05) is 22.2 Å². The summed E-state index contributed by atoms with van der Waals surface area (Å²) in [5.74, 6) is -0.270. The van der Waals surface area contributed by atoms with E-state index in [0.29, 0.717) is 5.56 Å². The number of halogens is 1. The SMILES string of the molecule is O=C(/C=C/c1cccc(Br)c1)c1cccc([N+](=O)[O-])c1. The highest BCUT2D eigenvalue weighted by atomic mass is 79.9. The highest BCUT2D eigenvalue weighted by molar-refractivity contribution is 9.10. The molecule has 0 amide bonds. The van der Waals surface area contributed by atoms with Crippen LogP contribution in [-0.2, 0) is 0 Å². The van der Waals surface area contributed by atoms with Crippen LogP contribution >= 0.6 is 15.9 Å². The molecular formula is C15H10BrNO3. The van der Waals surface area contributed by atoms with Crippen LogP contribution in [-0.4, -0.2) is 10.7 Å². The van der Waals surface area contributed by atoms with Gasteiger partial charge in [0.05, 0.1) is 4.92 Å². The van der Waals surface area contributed by atoms with Crippen molar-refractivity contribution in [3.8, 4) is 0 Å². The van der Waals surface area contributed by atoms with Gasteiger partial charge in [-0.05, 0) is 23.8 Å². The molecule has 0 fully saturated rings. The number of carbonyl (C=O) groups is 1. The van der Waals surface area contributed by atoms with Gasteiger partial charge >= 0.3 is 0 Å². The van der Waals surface area contributed by atoms with Crippen LogP contribution in [0.15, 0.2) is 59.1 Å². The maximum absolute atomic E-state index is 12.0. The van der Waals surface area contributed by atoms with Crippen molar-refractivity contribution in [3.05, 3.63) is 80.3 Å². The average molecular weight is 332 g/mol. The number of non-ortho nitro benzene ring substituents is 1. The summed E-state index contributed by atoms with van der Waals surface area (Å²) in [5, 5.41) is 10.7. The molecule has 0 N–H and O–H groups in total. The molecule has 0 aliphatic rings. The molecule has 0 atom stereocenters. The molecule has 0 heterocycles. The first-order valence-electron chi connectivity index (χ1n) is 5.79. The number of nitro groups is 1. The summed E-state index contributed by atoms with van der Waals surface area (Å²) in [4.78, 5) is 22.1. The van der Waals surface area contributed by atoms with E-state index in [2.05, 4.69) is 15.9 Å². The number of ketones is 1. The first-order chi connectivity index (χ1) is 9.56. The maximum Gasteiger partial charge on any atom is 0.270 e. The lowest BCUT2D eigenvalue weighted by atomic mass is 10.1. The first kappa shape index (κ1) is 14.1. The number of carbonyl (C=O) groups excluding carboxylic acids is 1. The van der Waals surface area contributed by atoms with E-state index < -0.39 is 4.92 Å². The minimum absolute atomic E-state index is 0.0910. The molecule has 100 valence electrons. The monoisotopic (exact) mass is 331 g/mol. The van der Waals surface area contributed by atoms with E-state index in [-0.39, 0.29) is 11.5 Å². The van der Waals surface area contributed by atoms with Crippen molar-refractivity contribution in [2.45, 2.75) is 0 Å². The Kier molecular flexibility index (Phi) is 4.42. The van der Waals surface area contributed by atoms with Crippen molar-refractivity contribution >= 4 is 33.5 Å². The Morgan fingerprint density at radius 2 is 1.90 bits per heavy atom. The third-order valence-corrected chi connectivity index (χ3v) is 3.11. The van der Waals surface area contributed by atoms with Crippen LogP contribution in [0.5, 0.6) is 0 Å². The quantitative estimate of drug-likeness (QED) is 0.364. The molecule has 2 aromatic carbocycles. The van der Waals surface area contributed by atoms with Gasteiger partial charge in [-0.15, -0.1) is 0 Å². The topological polar surface area (TPSA) is 60.2 Å². The van der Waals surface area contributed by atoms with Crippen LogP contribution < -0.4 is 0 Å². The van der Waals surface area contributed by atoms with Crippen LogP contribution in [0, 0.1) is 10.1 Å². The second-order valence-corrected chi connectivity index (χ2v) is 4.98. The molecule has 5 heteroatoms. The fraction of sp³-hybridized carbons (Fsp3) is 0. The molecule has 4 nitrogen and oxygen atoms in total. The van der Waals surface area contributed by atoms with Gasteiger partial charge in [-0.3, -0.25) is 14.9 Å². The van der Waals surface area contributed by atoms with Crippen molar-refractivity contribution in [3.63, 3.8) is 0 Å². The van der Waals surface area contributed by atoms with E-state index in [0.717, 1.165) is 10.0 Å². The van der Waals surface area contributed by atoms with E-state index in [1.807, 2.05) is 24.3 Å². The minimum Gasteiger partial charge on any atom is -0.289 e. The highest BCUT2D eigenvalue weighted by Gasteiger charge is 2.09. The molecule has 0 saturated heterocycles. The van der Waals surface area contributed by atoms with Crippen molar-refractivity contribution in [2.24, 2.45) is 0 Å². The summed E-state index contributed by atoms with van der Waals surface area (Å²) < 4.78 is 0.919. The van der Waals surface area contributed by atoms with Crippen LogP contribution in [0.2, 0.25) is 0 Å². The Hall–Kier alpha value is -2.27. The summed E-state index contributed by atoms with van der Waals surface area (Å²) >= 11 is 3.35. The normalized spacial score (nSPS) is 10.7. The Balaban J connectivity index is 2.20. The van der Waals surface area contributed by atoms with Gasteiger partial charge in [0.15, 0.2) is 5.78 Å². The molecule has 0 spiro atoms. The molecule has 0 aliphatic heterocycles. The standard InChI is InChI=1S/C15H10BrNO3/c16-13-5-1-3-11(9-13)7-8-15(18)12-4-2-6-14(10-12)17(19)20/h1-10H/b8-7+. The summed E-state index contributed by atoms with van der Waals surface area (Å²) in [5.41, 5.74) is 1.08. The Bertz CT molecular complexity index is 695. The molecular weight excluding hydrogens is 322 g/mol. The molecule has 0 saturated carbocycles. The first-order valence-corrected chi connectivity index (χ1v) is 6.58.